The van der Waals surface area contributed by atoms with Crippen molar-refractivity contribution in [2.24, 2.45) is 0 Å². The number of rotatable bonds is 2. The van der Waals surface area contributed by atoms with Crippen LogP contribution < -0.4 is 10.6 Å². The number of carbonyl (C=O) groups excluding carboxylic acids is 1. The molecule has 1 aromatic carbocycles. The zero-order valence-electron chi connectivity index (χ0n) is 10.6. The average Bonchev–Trinajstić information content (AvgIpc) is 2.33. The van der Waals surface area contributed by atoms with Gasteiger partial charge in [-0.15, -0.1) is 12.4 Å². The molecule has 3 nitrogen and oxygen atoms in total. The lowest BCUT2D eigenvalue weighted by Gasteiger charge is -2.35. The summed E-state index contributed by atoms with van der Waals surface area (Å²) in [4.78, 5) is 12.0. The lowest BCUT2D eigenvalue weighted by atomic mass is 9.90. The molecule has 6 heteroatoms. The monoisotopic (exact) mass is 290 g/mol. The maximum absolute atomic E-state index is 13.0. The summed E-state index contributed by atoms with van der Waals surface area (Å²) in [5.74, 6) is -2.31. The van der Waals surface area contributed by atoms with Gasteiger partial charge in [0.25, 0.3) is 5.91 Å². The Bertz CT molecular complexity index is 462. The molecule has 1 amide bonds. The summed E-state index contributed by atoms with van der Waals surface area (Å²) in [7, 11) is 0. The van der Waals surface area contributed by atoms with Crippen LogP contribution in [-0.4, -0.2) is 24.5 Å². The predicted molar refractivity (Wildman–Crippen MR) is 71.6 cm³/mol. The van der Waals surface area contributed by atoms with Gasteiger partial charge in [0.2, 0.25) is 0 Å². The number of hydrogen-bond acceptors (Lipinski definition) is 2. The minimum atomic E-state index is -1.00. The first-order valence-electron chi connectivity index (χ1n) is 5.98. The first kappa shape index (κ1) is 15.9. The van der Waals surface area contributed by atoms with Gasteiger partial charge in [-0.1, -0.05) is 0 Å². The summed E-state index contributed by atoms with van der Waals surface area (Å²) >= 11 is 0. The Morgan fingerprint density at radius 1 is 1.26 bits per heavy atom. The van der Waals surface area contributed by atoms with Crippen molar-refractivity contribution in [3.63, 3.8) is 0 Å². The molecule has 19 heavy (non-hydrogen) atoms. The van der Waals surface area contributed by atoms with E-state index in [2.05, 4.69) is 10.6 Å². The summed E-state index contributed by atoms with van der Waals surface area (Å²) in [6.07, 6.45) is 1.64. The summed E-state index contributed by atoms with van der Waals surface area (Å²) in [5.41, 5.74) is -0.138. The van der Waals surface area contributed by atoms with Crippen molar-refractivity contribution in [2.75, 3.05) is 13.1 Å². The zero-order chi connectivity index (χ0) is 13.2. The first-order chi connectivity index (χ1) is 8.50. The Morgan fingerprint density at radius 3 is 2.47 bits per heavy atom. The van der Waals surface area contributed by atoms with Crippen molar-refractivity contribution in [1.29, 1.82) is 0 Å². The Morgan fingerprint density at radius 2 is 1.89 bits per heavy atom. The van der Waals surface area contributed by atoms with Crippen LogP contribution in [0.2, 0.25) is 0 Å². The third kappa shape index (κ3) is 3.88. The van der Waals surface area contributed by atoms with Crippen LogP contribution in [0.4, 0.5) is 8.78 Å². The molecule has 0 saturated carbocycles. The zero-order valence-corrected chi connectivity index (χ0v) is 11.4. The molecule has 2 N–H and O–H groups in total. The van der Waals surface area contributed by atoms with Gasteiger partial charge < -0.3 is 10.6 Å². The van der Waals surface area contributed by atoms with E-state index in [1.807, 2.05) is 6.92 Å². The molecule has 1 fully saturated rings. The van der Waals surface area contributed by atoms with E-state index in [-0.39, 0.29) is 29.4 Å². The molecule has 0 unspecified atom stereocenters. The van der Waals surface area contributed by atoms with E-state index in [1.165, 1.54) is 6.07 Å². The summed E-state index contributed by atoms with van der Waals surface area (Å²) < 4.78 is 25.8. The maximum Gasteiger partial charge on any atom is 0.251 e. The van der Waals surface area contributed by atoms with Gasteiger partial charge >= 0.3 is 0 Å². The fourth-order valence-electron chi connectivity index (χ4n) is 2.09. The molecule has 0 spiro atoms. The number of halogens is 3. The van der Waals surface area contributed by atoms with Gasteiger partial charge in [-0.25, -0.2) is 8.78 Å². The summed E-state index contributed by atoms with van der Waals surface area (Å²) in [6.45, 7) is 3.65. The van der Waals surface area contributed by atoms with Gasteiger partial charge in [-0.3, -0.25) is 4.79 Å². The van der Waals surface area contributed by atoms with Crippen molar-refractivity contribution >= 4 is 18.3 Å². The van der Waals surface area contributed by atoms with Crippen molar-refractivity contribution in [2.45, 2.75) is 25.3 Å². The highest BCUT2D eigenvalue weighted by atomic mass is 35.5. The van der Waals surface area contributed by atoms with Crippen molar-refractivity contribution in [3.05, 3.63) is 35.4 Å². The first-order valence-corrected chi connectivity index (χ1v) is 5.98. The SMILES string of the molecule is CC1(NC(=O)c2ccc(F)c(F)c2)CCNCC1.Cl. The third-order valence-electron chi connectivity index (χ3n) is 3.30. The maximum atomic E-state index is 13.0. The molecule has 1 aliphatic rings. The van der Waals surface area contributed by atoms with Crippen molar-refractivity contribution in [1.82, 2.24) is 10.6 Å². The van der Waals surface area contributed by atoms with Crippen LogP contribution >= 0.6 is 12.4 Å². The second kappa shape index (κ2) is 6.30. The van der Waals surface area contributed by atoms with Crippen LogP contribution in [-0.2, 0) is 0 Å². The van der Waals surface area contributed by atoms with E-state index in [1.54, 1.807) is 0 Å². The Balaban J connectivity index is 0.00000180. The van der Waals surface area contributed by atoms with Crippen LogP contribution in [0.1, 0.15) is 30.1 Å². The summed E-state index contributed by atoms with van der Waals surface area (Å²) in [5, 5.41) is 6.10. The van der Waals surface area contributed by atoms with Crippen LogP contribution in [0, 0.1) is 11.6 Å². The van der Waals surface area contributed by atoms with Crippen molar-refractivity contribution < 1.29 is 13.6 Å². The highest BCUT2D eigenvalue weighted by Crippen LogP contribution is 2.18. The van der Waals surface area contributed by atoms with E-state index in [0.29, 0.717) is 0 Å². The predicted octanol–water partition coefficient (Wildman–Crippen LogP) is 2.26. The minimum absolute atomic E-state index is 0. The van der Waals surface area contributed by atoms with Crippen LogP contribution in [0.25, 0.3) is 0 Å². The van der Waals surface area contributed by atoms with Crippen LogP contribution in [0.5, 0.6) is 0 Å². The molecule has 0 atom stereocenters. The molecule has 2 rings (SSSR count). The van der Waals surface area contributed by atoms with Gasteiger partial charge in [-0.05, 0) is 51.1 Å². The topological polar surface area (TPSA) is 41.1 Å². The average molecular weight is 291 g/mol. The fraction of sp³-hybridized carbons (Fsp3) is 0.462. The van der Waals surface area contributed by atoms with Gasteiger partial charge in [0.05, 0.1) is 0 Å². The standard InChI is InChI=1S/C13H16F2N2O.ClH/c1-13(4-6-16-7-5-13)17-12(18)9-2-3-10(14)11(15)8-9;/h2-3,8,16H,4-7H2,1H3,(H,17,18);1H. The smallest absolute Gasteiger partial charge is 0.251 e. The highest BCUT2D eigenvalue weighted by Gasteiger charge is 2.28. The second-order valence-electron chi connectivity index (χ2n) is 4.89. The van der Waals surface area contributed by atoms with E-state index in [4.69, 9.17) is 0 Å². The molecule has 0 aliphatic carbocycles. The lowest BCUT2D eigenvalue weighted by Crippen LogP contribution is -2.52. The normalized spacial score (nSPS) is 17.4. The minimum Gasteiger partial charge on any atom is -0.347 e. The molecule has 0 radical (unpaired) electrons. The van der Waals surface area contributed by atoms with E-state index in [0.717, 1.165) is 38.1 Å². The van der Waals surface area contributed by atoms with Gasteiger partial charge in [0.1, 0.15) is 0 Å². The Labute approximate surface area is 117 Å². The third-order valence-corrected chi connectivity index (χ3v) is 3.30. The molecule has 1 aliphatic heterocycles. The van der Waals surface area contributed by atoms with Crippen LogP contribution in [0.15, 0.2) is 18.2 Å². The van der Waals surface area contributed by atoms with Gasteiger partial charge in [0, 0.05) is 11.1 Å². The molecule has 1 aromatic rings. The highest BCUT2D eigenvalue weighted by molar-refractivity contribution is 5.94. The molecular weight excluding hydrogens is 274 g/mol. The number of hydrogen-bond donors (Lipinski definition) is 2. The van der Waals surface area contributed by atoms with E-state index in [9.17, 15) is 13.6 Å². The molecule has 1 saturated heterocycles. The van der Waals surface area contributed by atoms with Gasteiger partial charge in [0.15, 0.2) is 11.6 Å². The molecule has 0 bridgehead atoms. The second-order valence-corrected chi connectivity index (χ2v) is 4.89. The number of amides is 1. The molecule has 1 heterocycles. The number of benzene rings is 1. The van der Waals surface area contributed by atoms with Crippen LogP contribution in [0.3, 0.4) is 0 Å². The molecule has 106 valence electrons. The lowest BCUT2D eigenvalue weighted by molar-refractivity contribution is 0.0887. The van der Waals surface area contributed by atoms with E-state index < -0.39 is 11.6 Å². The molecular formula is C13H17ClF2N2O. The Kier molecular flexibility index (Phi) is 5.26. The van der Waals surface area contributed by atoms with Gasteiger partial charge in [-0.2, -0.15) is 0 Å². The quantitative estimate of drug-likeness (QED) is 0.877. The summed E-state index contributed by atoms with van der Waals surface area (Å²) in [6, 6.07) is 3.18. The number of carbonyl (C=O) groups is 1. The number of nitrogens with one attached hydrogen (secondary N) is 2. The fourth-order valence-corrected chi connectivity index (χ4v) is 2.09. The number of piperidine rings is 1. The Hall–Kier alpha value is -1.20. The van der Waals surface area contributed by atoms with Crippen molar-refractivity contribution in [3.8, 4) is 0 Å². The largest absolute Gasteiger partial charge is 0.347 e. The van der Waals surface area contributed by atoms with E-state index >= 15 is 0 Å². The molecule has 0 aromatic heterocycles.